The zero-order valence-electron chi connectivity index (χ0n) is 17.2. The van der Waals surface area contributed by atoms with Gasteiger partial charge < -0.3 is 28.5 Å². The lowest BCUT2D eigenvalue weighted by Gasteiger charge is -2.07. The lowest BCUT2D eigenvalue weighted by atomic mass is 10.2. The molecule has 0 atom stereocenters. The van der Waals surface area contributed by atoms with E-state index in [1.807, 2.05) is 0 Å². The third-order valence-electron chi connectivity index (χ3n) is 5.14. The topological polar surface area (TPSA) is 131 Å². The van der Waals surface area contributed by atoms with Crippen LogP contribution in [0.25, 0.3) is 22.3 Å². The van der Waals surface area contributed by atoms with E-state index >= 15 is 0 Å². The summed E-state index contributed by atoms with van der Waals surface area (Å²) in [5.74, 6) is 2.70. The Labute approximate surface area is 180 Å². The van der Waals surface area contributed by atoms with Crippen molar-refractivity contribution in [3.8, 4) is 34.4 Å². The molecular weight excluding hydrogens is 420 g/mol. The molecule has 164 valence electrons. The molecule has 5 rings (SSSR count). The van der Waals surface area contributed by atoms with Crippen molar-refractivity contribution in [3.05, 3.63) is 57.1 Å². The van der Waals surface area contributed by atoms with Gasteiger partial charge in [0.15, 0.2) is 11.5 Å². The van der Waals surface area contributed by atoms with Crippen molar-refractivity contribution in [2.75, 3.05) is 21.0 Å². The number of ether oxygens (including phenoxy) is 4. The maximum atomic E-state index is 12.9. The third kappa shape index (κ3) is 3.33. The summed E-state index contributed by atoms with van der Waals surface area (Å²) in [6, 6.07) is 8.37. The Hall–Kier alpha value is -4.28. The van der Waals surface area contributed by atoms with Gasteiger partial charge in [0.2, 0.25) is 18.5 Å². The van der Waals surface area contributed by atoms with Crippen LogP contribution in [-0.4, -0.2) is 40.7 Å². The largest absolute Gasteiger partial charge is 0.497 e. The Kier molecular flexibility index (Phi) is 4.77. The fourth-order valence-corrected chi connectivity index (χ4v) is 3.50. The first kappa shape index (κ1) is 19.7. The van der Waals surface area contributed by atoms with Gasteiger partial charge in [0.25, 0.3) is 5.56 Å². The minimum Gasteiger partial charge on any atom is -0.497 e. The minimum absolute atomic E-state index is 0.0555. The third-order valence-corrected chi connectivity index (χ3v) is 5.14. The van der Waals surface area contributed by atoms with E-state index in [1.54, 1.807) is 37.4 Å². The molecule has 0 saturated heterocycles. The Morgan fingerprint density at radius 3 is 2.69 bits per heavy atom. The molecule has 2 aromatic heterocycles. The van der Waals surface area contributed by atoms with Crippen LogP contribution in [0.3, 0.4) is 0 Å². The van der Waals surface area contributed by atoms with Gasteiger partial charge in [-0.25, -0.2) is 4.79 Å². The number of aromatic nitrogens is 4. The summed E-state index contributed by atoms with van der Waals surface area (Å²) in [7, 11) is 3.09. The molecule has 0 amide bonds. The fraction of sp³-hybridized carbons (Fsp3) is 0.238. The van der Waals surface area contributed by atoms with Crippen LogP contribution < -0.4 is 30.2 Å². The molecule has 11 nitrogen and oxygen atoms in total. The van der Waals surface area contributed by atoms with E-state index in [-0.39, 0.29) is 25.6 Å². The van der Waals surface area contributed by atoms with Crippen molar-refractivity contribution in [2.24, 2.45) is 0 Å². The molecule has 2 aromatic carbocycles. The van der Waals surface area contributed by atoms with Gasteiger partial charge in [0, 0.05) is 25.1 Å². The van der Waals surface area contributed by atoms with E-state index in [9.17, 15) is 9.59 Å². The predicted molar refractivity (Wildman–Crippen MR) is 111 cm³/mol. The van der Waals surface area contributed by atoms with Crippen molar-refractivity contribution in [3.63, 3.8) is 0 Å². The van der Waals surface area contributed by atoms with Crippen molar-refractivity contribution >= 4 is 10.9 Å². The number of nitrogens with one attached hydrogen (secondary N) is 1. The molecule has 32 heavy (non-hydrogen) atoms. The van der Waals surface area contributed by atoms with Gasteiger partial charge in [0.05, 0.1) is 30.7 Å². The molecule has 0 aliphatic carbocycles. The number of hydrogen-bond acceptors (Lipinski definition) is 9. The lowest BCUT2D eigenvalue weighted by molar-refractivity contribution is 0.174. The van der Waals surface area contributed by atoms with Crippen LogP contribution >= 0.6 is 0 Å². The quantitative estimate of drug-likeness (QED) is 0.478. The van der Waals surface area contributed by atoms with Gasteiger partial charge in [0.1, 0.15) is 11.5 Å². The molecule has 1 aliphatic heterocycles. The van der Waals surface area contributed by atoms with E-state index in [0.717, 1.165) is 4.57 Å². The number of fused-ring (bicyclic) bond motifs is 2. The van der Waals surface area contributed by atoms with E-state index in [1.165, 1.54) is 7.11 Å². The second-order valence-electron chi connectivity index (χ2n) is 6.97. The maximum Gasteiger partial charge on any atom is 0.328 e. The van der Waals surface area contributed by atoms with Crippen LogP contribution in [0.4, 0.5) is 0 Å². The number of H-pyrrole nitrogens is 1. The van der Waals surface area contributed by atoms with E-state index in [4.69, 9.17) is 23.5 Å². The summed E-state index contributed by atoms with van der Waals surface area (Å²) in [5, 5.41) is 4.31. The Morgan fingerprint density at radius 2 is 1.91 bits per heavy atom. The Bertz CT molecular complexity index is 1440. The van der Waals surface area contributed by atoms with Crippen LogP contribution in [0, 0.1) is 0 Å². The van der Waals surface area contributed by atoms with Crippen LogP contribution in [0.1, 0.15) is 5.89 Å². The van der Waals surface area contributed by atoms with Gasteiger partial charge in [-0.05, 0) is 18.2 Å². The summed E-state index contributed by atoms with van der Waals surface area (Å²) in [5.41, 5.74) is 0.0174. The fourth-order valence-electron chi connectivity index (χ4n) is 3.50. The highest BCUT2D eigenvalue weighted by molar-refractivity contribution is 5.81. The van der Waals surface area contributed by atoms with Crippen LogP contribution in [0.15, 0.2) is 44.4 Å². The molecule has 1 N–H and O–H groups in total. The first-order valence-electron chi connectivity index (χ1n) is 9.69. The number of methoxy groups -OCH3 is 2. The summed E-state index contributed by atoms with van der Waals surface area (Å²) >= 11 is 0. The number of nitrogens with zero attached hydrogens (tertiary/aromatic N) is 3. The molecule has 0 spiro atoms. The highest BCUT2D eigenvalue weighted by Crippen LogP contribution is 2.34. The number of aryl methyl sites for hydroxylation is 1. The van der Waals surface area contributed by atoms with Crippen LogP contribution in [0.2, 0.25) is 0 Å². The molecule has 0 fully saturated rings. The normalized spacial score (nSPS) is 12.3. The molecule has 0 unspecified atom stereocenters. The summed E-state index contributed by atoms with van der Waals surface area (Å²) in [4.78, 5) is 32.4. The molecular formula is C21H18N4O7. The molecule has 0 radical (unpaired) electrons. The predicted octanol–water partition coefficient (Wildman–Crippen LogP) is 1.73. The van der Waals surface area contributed by atoms with E-state index < -0.39 is 11.2 Å². The van der Waals surface area contributed by atoms with Gasteiger partial charge in [-0.2, -0.15) is 4.98 Å². The lowest BCUT2D eigenvalue weighted by Crippen LogP contribution is -2.35. The number of benzene rings is 2. The highest BCUT2D eigenvalue weighted by Gasteiger charge is 2.19. The summed E-state index contributed by atoms with van der Waals surface area (Å²) in [6.45, 7) is 0.127. The van der Waals surface area contributed by atoms with E-state index in [0.29, 0.717) is 45.3 Å². The van der Waals surface area contributed by atoms with Crippen molar-refractivity contribution < 1.29 is 23.5 Å². The zero-order valence-corrected chi connectivity index (χ0v) is 17.2. The molecule has 0 bridgehead atoms. The standard InChI is InChI=1S/C21H18N4O7/c1-28-11-3-4-12(15(7-11)29-2)19-23-18(32-24-19)5-6-25-20(26)13-8-16-17(31-10-30-16)9-14(13)22-21(25)27/h3-4,7-9H,5-6,10H2,1-2H3,(H,22,27). The zero-order chi connectivity index (χ0) is 22.2. The summed E-state index contributed by atoms with van der Waals surface area (Å²) < 4.78 is 27.6. The first-order valence-corrected chi connectivity index (χ1v) is 9.69. The molecule has 0 saturated carbocycles. The molecule has 3 heterocycles. The van der Waals surface area contributed by atoms with Gasteiger partial charge in [-0.15, -0.1) is 0 Å². The van der Waals surface area contributed by atoms with Gasteiger partial charge >= 0.3 is 5.69 Å². The smallest absolute Gasteiger partial charge is 0.328 e. The molecule has 4 aromatic rings. The van der Waals surface area contributed by atoms with Crippen molar-refractivity contribution in [1.82, 2.24) is 19.7 Å². The number of rotatable bonds is 6. The Balaban J connectivity index is 1.41. The summed E-state index contributed by atoms with van der Waals surface area (Å²) in [6.07, 6.45) is 0.185. The maximum absolute atomic E-state index is 12.9. The number of aromatic amines is 1. The second-order valence-corrected chi connectivity index (χ2v) is 6.97. The SMILES string of the molecule is COc1ccc(-c2noc(CCn3c(=O)[nH]c4cc5c(cc4c3=O)OCO5)n2)c(OC)c1. The average molecular weight is 438 g/mol. The van der Waals surface area contributed by atoms with E-state index in [2.05, 4.69) is 15.1 Å². The molecule has 1 aliphatic rings. The van der Waals surface area contributed by atoms with Crippen LogP contribution in [0.5, 0.6) is 23.0 Å². The van der Waals surface area contributed by atoms with Gasteiger partial charge in [-0.3, -0.25) is 9.36 Å². The highest BCUT2D eigenvalue weighted by atomic mass is 16.7. The van der Waals surface area contributed by atoms with Crippen LogP contribution in [-0.2, 0) is 13.0 Å². The second kappa shape index (κ2) is 7.76. The average Bonchev–Trinajstić information content (AvgIpc) is 3.46. The van der Waals surface area contributed by atoms with Gasteiger partial charge in [-0.1, -0.05) is 5.16 Å². The monoisotopic (exact) mass is 438 g/mol. The first-order chi connectivity index (χ1) is 15.6. The minimum atomic E-state index is -0.544. The Morgan fingerprint density at radius 1 is 1.09 bits per heavy atom. The van der Waals surface area contributed by atoms with Crippen molar-refractivity contribution in [2.45, 2.75) is 13.0 Å². The van der Waals surface area contributed by atoms with Crippen molar-refractivity contribution in [1.29, 1.82) is 0 Å². The molecule has 11 heteroatoms. The number of hydrogen-bond donors (Lipinski definition) is 1.